The number of hydrogen-bond donors (Lipinski definition) is 2. The molecule has 1 aromatic carbocycles. The van der Waals surface area contributed by atoms with Crippen LogP contribution in [-0.2, 0) is 6.54 Å². The highest BCUT2D eigenvalue weighted by Gasteiger charge is 2.12. The largest absolute Gasteiger partial charge is 0.384 e. The summed E-state index contributed by atoms with van der Waals surface area (Å²) in [7, 11) is 0. The van der Waals surface area contributed by atoms with Crippen LogP contribution in [0, 0.1) is 11.2 Å². The molecule has 0 radical (unpaired) electrons. The lowest BCUT2D eigenvalue weighted by atomic mass is 10.1. The molecule has 2 heterocycles. The molecule has 0 atom stereocenters. The van der Waals surface area contributed by atoms with Crippen molar-refractivity contribution in [2.75, 3.05) is 0 Å². The lowest BCUT2D eigenvalue weighted by Crippen LogP contribution is -2.12. The van der Waals surface area contributed by atoms with Crippen molar-refractivity contribution in [3.8, 4) is 0 Å². The summed E-state index contributed by atoms with van der Waals surface area (Å²) in [5.41, 5.74) is 6.96. The third kappa shape index (κ3) is 2.48. The topological polar surface area (TPSA) is 67.7 Å². The summed E-state index contributed by atoms with van der Waals surface area (Å²) in [4.78, 5) is 4.05. The fraction of sp³-hybridized carbons (Fsp3) is 0.0667. The minimum absolute atomic E-state index is 0.208. The number of nitrogens with zero attached hydrogens (tertiary/aromatic N) is 2. The quantitative estimate of drug-likeness (QED) is 0.576. The van der Waals surface area contributed by atoms with Crippen molar-refractivity contribution >= 4 is 28.3 Å². The molecule has 4 nitrogen and oxygen atoms in total. The normalized spacial score (nSPS) is 11.0. The number of nitrogens with two attached hydrogens (primary N) is 1. The van der Waals surface area contributed by atoms with Gasteiger partial charge in [-0.05, 0) is 24.3 Å². The van der Waals surface area contributed by atoms with Gasteiger partial charge in [0.15, 0.2) is 0 Å². The second kappa shape index (κ2) is 5.18. The van der Waals surface area contributed by atoms with Crippen LogP contribution in [0.2, 0.25) is 5.02 Å². The first-order valence-electron chi connectivity index (χ1n) is 6.27. The molecule has 3 rings (SSSR count). The molecule has 3 aromatic rings. The third-order valence-electron chi connectivity index (χ3n) is 3.35. The molecule has 0 bridgehead atoms. The number of nitrogen functional groups attached to an aromatic ring is 1. The van der Waals surface area contributed by atoms with E-state index in [0.29, 0.717) is 12.1 Å². The predicted molar refractivity (Wildman–Crippen MR) is 81.3 cm³/mol. The second-order valence-electron chi connectivity index (χ2n) is 4.71. The van der Waals surface area contributed by atoms with E-state index in [1.807, 2.05) is 22.9 Å². The molecule has 21 heavy (non-hydrogen) atoms. The van der Waals surface area contributed by atoms with Crippen LogP contribution in [0.3, 0.4) is 0 Å². The highest BCUT2D eigenvalue weighted by atomic mass is 35.5. The van der Waals surface area contributed by atoms with Crippen molar-refractivity contribution in [1.82, 2.24) is 9.55 Å². The van der Waals surface area contributed by atoms with E-state index in [0.717, 1.165) is 10.9 Å². The van der Waals surface area contributed by atoms with Crippen LogP contribution in [-0.4, -0.2) is 15.4 Å². The van der Waals surface area contributed by atoms with E-state index < -0.39 is 5.82 Å². The Morgan fingerprint density at radius 1 is 1.38 bits per heavy atom. The van der Waals surface area contributed by atoms with Gasteiger partial charge < -0.3 is 10.3 Å². The zero-order valence-corrected chi connectivity index (χ0v) is 11.7. The van der Waals surface area contributed by atoms with Crippen LogP contribution >= 0.6 is 11.6 Å². The van der Waals surface area contributed by atoms with Gasteiger partial charge in [-0.15, -0.1) is 0 Å². The predicted octanol–water partition coefficient (Wildman–Crippen LogP) is 3.16. The van der Waals surface area contributed by atoms with Crippen molar-refractivity contribution in [3.63, 3.8) is 0 Å². The number of benzene rings is 1. The zero-order valence-electron chi connectivity index (χ0n) is 11.0. The Labute approximate surface area is 125 Å². The number of rotatable bonds is 3. The number of amidine groups is 1. The van der Waals surface area contributed by atoms with Crippen molar-refractivity contribution in [3.05, 3.63) is 64.8 Å². The van der Waals surface area contributed by atoms with Gasteiger partial charge >= 0.3 is 0 Å². The number of nitrogens with one attached hydrogen (secondary N) is 1. The van der Waals surface area contributed by atoms with E-state index >= 15 is 0 Å². The van der Waals surface area contributed by atoms with Crippen LogP contribution < -0.4 is 5.73 Å². The number of pyridine rings is 1. The minimum atomic E-state index is -0.469. The molecule has 0 saturated heterocycles. The van der Waals surface area contributed by atoms with Crippen molar-refractivity contribution in [2.24, 2.45) is 5.73 Å². The van der Waals surface area contributed by atoms with Gasteiger partial charge in [0.1, 0.15) is 11.7 Å². The molecule has 106 valence electrons. The highest BCUT2D eigenvalue weighted by Crippen LogP contribution is 2.24. The Morgan fingerprint density at radius 2 is 2.19 bits per heavy atom. The molecular weight excluding hydrogens is 291 g/mol. The van der Waals surface area contributed by atoms with Gasteiger partial charge in [0, 0.05) is 40.1 Å². The first kappa shape index (κ1) is 13.6. The monoisotopic (exact) mass is 302 g/mol. The number of halogens is 2. The zero-order chi connectivity index (χ0) is 15.0. The summed E-state index contributed by atoms with van der Waals surface area (Å²) >= 11 is 6.13. The molecule has 0 fully saturated rings. The van der Waals surface area contributed by atoms with E-state index in [1.54, 1.807) is 12.4 Å². The van der Waals surface area contributed by atoms with Gasteiger partial charge in [0.25, 0.3) is 0 Å². The van der Waals surface area contributed by atoms with Gasteiger partial charge in [-0.3, -0.25) is 10.4 Å². The molecule has 0 amide bonds. The molecular formula is C15H12ClFN4. The smallest absolute Gasteiger partial charge is 0.130 e. The Balaban J connectivity index is 2.04. The number of hydrogen-bond acceptors (Lipinski definition) is 2. The molecule has 0 spiro atoms. The van der Waals surface area contributed by atoms with Crippen LogP contribution in [0.4, 0.5) is 4.39 Å². The summed E-state index contributed by atoms with van der Waals surface area (Å²) in [6.45, 7) is 0.302. The van der Waals surface area contributed by atoms with E-state index in [4.69, 9.17) is 22.7 Å². The van der Waals surface area contributed by atoms with Crippen molar-refractivity contribution in [1.29, 1.82) is 5.41 Å². The first-order chi connectivity index (χ1) is 10.1. The number of fused-ring (bicyclic) bond motifs is 1. The molecule has 2 aromatic heterocycles. The molecule has 0 saturated carbocycles. The lowest BCUT2D eigenvalue weighted by molar-refractivity contribution is 0.602. The van der Waals surface area contributed by atoms with E-state index in [9.17, 15) is 4.39 Å². The van der Waals surface area contributed by atoms with Crippen molar-refractivity contribution < 1.29 is 4.39 Å². The van der Waals surface area contributed by atoms with E-state index in [2.05, 4.69) is 4.98 Å². The standard InChI is InChI=1S/C15H12ClFN4/c16-12-5-10(15(18)19)6-13(17)11(12)8-21-4-2-9-7-20-3-1-14(9)21/h1-7H,8H2,(H3,18,19). The van der Waals surface area contributed by atoms with Crippen LogP contribution in [0.5, 0.6) is 0 Å². The van der Waals surface area contributed by atoms with E-state index in [1.165, 1.54) is 12.1 Å². The van der Waals surface area contributed by atoms with Gasteiger partial charge in [-0.2, -0.15) is 0 Å². The summed E-state index contributed by atoms with van der Waals surface area (Å²) in [5, 5.41) is 8.58. The summed E-state index contributed by atoms with van der Waals surface area (Å²) in [5.74, 6) is -0.677. The fourth-order valence-corrected chi connectivity index (χ4v) is 2.53. The van der Waals surface area contributed by atoms with Gasteiger partial charge in [0.05, 0.1) is 12.1 Å². The molecule has 0 aliphatic carbocycles. The lowest BCUT2D eigenvalue weighted by Gasteiger charge is -2.10. The minimum Gasteiger partial charge on any atom is -0.384 e. The highest BCUT2D eigenvalue weighted by molar-refractivity contribution is 6.31. The molecule has 3 N–H and O–H groups in total. The third-order valence-corrected chi connectivity index (χ3v) is 3.69. The summed E-state index contributed by atoms with van der Waals surface area (Å²) < 4.78 is 16.1. The Kier molecular flexibility index (Phi) is 3.35. The molecule has 0 aliphatic rings. The van der Waals surface area contributed by atoms with Crippen LogP contribution in [0.25, 0.3) is 10.9 Å². The summed E-state index contributed by atoms with van der Waals surface area (Å²) in [6.07, 6.45) is 5.30. The average molecular weight is 303 g/mol. The SMILES string of the molecule is N=C(N)c1cc(F)c(Cn2ccc3cnccc32)c(Cl)c1. The van der Waals surface area contributed by atoms with Gasteiger partial charge in [-0.1, -0.05) is 11.6 Å². The van der Waals surface area contributed by atoms with Crippen LogP contribution in [0.15, 0.2) is 42.9 Å². The molecule has 0 unspecified atom stereocenters. The Bertz CT molecular complexity index is 818. The Morgan fingerprint density at radius 3 is 2.90 bits per heavy atom. The fourth-order valence-electron chi connectivity index (χ4n) is 2.26. The average Bonchev–Trinajstić information content (AvgIpc) is 2.86. The second-order valence-corrected chi connectivity index (χ2v) is 5.12. The molecule has 0 aliphatic heterocycles. The van der Waals surface area contributed by atoms with Crippen LogP contribution in [0.1, 0.15) is 11.1 Å². The summed E-state index contributed by atoms with van der Waals surface area (Å²) in [6, 6.07) is 6.52. The van der Waals surface area contributed by atoms with Crippen molar-refractivity contribution in [2.45, 2.75) is 6.54 Å². The van der Waals surface area contributed by atoms with Gasteiger partial charge in [0.2, 0.25) is 0 Å². The van der Waals surface area contributed by atoms with E-state index in [-0.39, 0.29) is 16.4 Å². The first-order valence-corrected chi connectivity index (χ1v) is 6.65. The Hall–Kier alpha value is -2.40. The maximum atomic E-state index is 14.2. The number of aromatic nitrogens is 2. The maximum absolute atomic E-state index is 14.2. The molecule has 6 heteroatoms. The maximum Gasteiger partial charge on any atom is 0.130 e. The van der Waals surface area contributed by atoms with Gasteiger partial charge in [-0.25, -0.2) is 4.39 Å².